The van der Waals surface area contributed by atoms with E-state index in [0.717, 1.165) is 24.5 Å². The Balaban J connectivity index is 1.50. The van der Waals surface area contributed by atoms with Crippen LogP contribution in [-0.2, 0) is 21.4 Å². The molecule has 4 rings (SSSR count). The van der Waals surface area contributed by atoms with E-state index in [2.05, 4.69) is 17.0 Å². The van der Waals surface area contributed by atoms with E-state index in [1.54, 1.807) is 65.2 Å². The lowest BCUT2D eigenvalue weighted by Crippen LogP contribution is -2.51. The molecule has 196 valence electrons. The van der Waals surface area contributed by atoms with E-state index >= 15 is 0 Å². The predicted octanol–water partition coefficient (Wildman–Crippen LogP) is 4.35. The minimum atomic E-state index is -3.96. The number of benzene rings is 3. The predicted molar refractivity (Wildman–Crippen MR) is 149 cm³/mol. The lowest BCUT2D eigenvalue weighted by atomic mass is 10.2. The van der Waals surface area contributed by atoms with Crippen LogP contribution in [0.15, 0.2) is 88.7 Å². The molecule has 0 N–H and O–H groups in total. The highest BCUT2D eigenvalue weighted by molar-refractivity contribution is 7.98. The van der Waals surface area contributed by atoms with Crippen molar-refractivity contribution in [3.05, 3.63) is 84.4 Å². The molecule has 9 heteroatoms. The van der Waals surface area contributed by atoms with Crippen molar-refractivity contribution >= 4 is 33.4 Å². The number of amides is 1. The fraction of sp³-hybridized carbons (Fsp3) is 0.321. The van der Waals surface area contributed by atoms with Gasteiger partial charge in [-0.2, -0.15) is 0 Å². The summed E-state index contributed by atoms with van der Waals surface area (Å²) in [5.74, 6) is 0.436. The molecule has 7 nitrogen and oxygen atoms in total. The van der Waals surface area contributed by atoms with Crippen LogP contribution in [0.5, 0.6) is 5.75 Å². The summed E-state index contributed by atoms with van der Waals surface area (Å²) < 4.78 is 34.2. The Morgan fingerprint density at radius 2 is 1.57 bits per heavy atom. The molecule has 0 saturated carbocycles. The molecule has 0 spiro atoms. The van der Waals surface area contributed by atoms with Gasteiger partial charge in [-0.3, -0.25) is 14.0 Å². The van der Waals surface area contributed by atoms with Gasteiger partial charge in [0.15, 0.2) is 0 Å². The first-order valence-corrected chi connectivity index (χ1v) is 15.0. The number of thioether (sulfide) groups is 1. The molecule has 0 bridgehead atoms. The first kappa shape index (κ1) is 27.0. The number of hydrogen-bond acceptors (Lipinski definition) is 6. The number of carbonyl (C=O) groups is 1. The van der Waals surface area contributed by atoms with Crippen molar-refractivity contribution < 1.29 is 17.9 Å². The highest BCUT2D eigenvalue weighted by Gasteiger charge is 2.30. The third kappa shape index (κ3) is 6.85. The Hall–Kier alpha value is -3.01. The van der Waals surface area contributed by atoms with Crippen LogP contribution in [0.1, 0.15) is 12.5 Å². The highest BCUT2D eigenvalue weighted by Crippen LogP contribution is 2.27. The van der Waals surface area contributed by atoms with Gasteiger partial charge in [0, 0.05) is 37.6 Å². The summed E-state index contributed by atoms with van der Waals surface area (Å²) in [6, 6.07) is 23.8. The first-order valence-electron chi connectivity index (χ1n) is 12.3. The Kier molecular flexibility index (Phi) is 9.13. The highest BCUT2D eigenvalue weighted by atomic mass is 32.2. The molecule has 0 unspecified atom stereocenters. The standard InChI is InChI=1S/C28H33N3O4S2/c1-3-35-25-11-9-24(10-12-25)31(37(33,34)27-15-13-26(36-2)14-16-27)22-28(32)30-19-17-29(18-20-30)21-23-7-5-4-6-8-23/h4-16H,3,17-22H2,1-2H3. The number of ether oxygens (including phenoxy) is 1. The fourth-order valence-corrected chi connectivity index (χ4v) is 6.11. The van der Waals surface area contributed by atoms with E-state index in [1.807, 2.05) is 31.4 Å². The van der Waals surface area contributed by atoms with Gasteiger partial charge in [0.2, 0.25) is 5.91 Å². The van der Waals surface area contributed by atoms with Crippen molar-refractivity contribution in [2.24, 2.45) is 0 Å². The summed E-state index contributed by atoms with van der Waals surface area (Å²) in [4.78, 5) is 18.6. The van der Waals surface area contributed by atoms with Crippen LogP contribution in [0.2, 0.25) is 0 Å². The monoisotopic (exact) mass is 539 g/mol. The van der Waals surface area contributed by atoms with Crippen molar-refractivity contribution in [3.63, 3.8) is 0 Å². The number of nitrogens with zero attached hydrogens (tertiary/aromatic N) is 3. The normalized spacial score (nSPS) is 14.4. The van der Waals surface area contributed by atoms with Gasteiger partial charge < -0.3 is 9.64 Å². The maximum atomic E-state index is 13.7. The van der Waals surface area contributed by atoms with Crippen LogP contribution in [0.4, 0.5) is 5.69 Å². The third-order valence-electron chi connectivity index (χ3n) is 6.34. The summed E-state index contributed by atoms with van der Waals surface area (Å²) in [6.45, 7) is 5.58. The summed E-state index contributed by atoms with van der Waals surface area (Å²) in [5, 5.41) is 0. The van der Waals surface area contributed by atoms with Crippen LogP contribution in [-0.4, -0.2) is 69.7 Å². The van der Waals surface area contributed by atoms with Crippen LogP contribution in [0.25, 0.3) is 0 Å². The zero-order chi connectivity index (χ0) is 26.3. The summed E-state index contributed by atoms with van der Waals surface area (Å²) in [6.07, 6.45) is 1.94. The molecule has 1 amide bonds. The molecule has 0 atom stereocenters. The summed E-state index contributed by atoms with van der Waals surface area (Å²) >= 11 is 1.54. The molecule has 3 aromatic rings. The fourth-order valence-electron chi connectivity index (χ4n) is 4.29. The maximum Gasteiger partial charge on any atom is 0.264 e. The number of rotatable bonds is 10. The molecule has 1 heterocycles. The van der Waals surface area contributed by atoms with Crippen molar-refractivity contribution in [3.8, 4) is 5.75 Å². The van der Waals surface area contributed by atoms with Gasteiger partial charge in [-0.15, -0.1) is 11.8 Å². The molecule has 0 aromatic heterocycles. The van der Waals surface area contributed by atoms with Gasteiger partial charge >= 0.3 is 0 Å². The zero-order valence-corrected chi connectivity index (χ0v) is 22.9. The number of sulfonamides is 1. The molecule has 1 aliphatic rings. The van der Waals surface area contributed by atoms with Gasteiger partial charge in [0.25, 0.3) is 10.0 Å². The number of piperazine rings is 1. The molecular weight excluding hydrogens is 506 g/mol. The summed E-state index contributed by atoms with van der Waals surface area (Å²) in [7, 11) is -3.96. The average Bonchev–Trinajstić information content (AvgIpc) is 2.93. The van der Waals surface area contributed by atoms with E-state index in [-0.39, 0.29) is 17.3 Å². The molecule has 1 fully saturated rings. The quantitative estimate of drug-likeness (QED) is 0.357. The third-order valence-corrected chi connectivity index (χ3v) is 8.87. The number of carbonyl (C=O) groups excluding carboxylic acids is 1. The van der Waals surface area contributed by atoms with Gasteiger partial charge in [-0.05, 0) is 67.3 Å². The summed E-state index contributed by atoms with van der Waals surface area (Å²) in [5.41, 5.74) is 1.66. The van der Waals surface area contributed by atoms with Gasteiger partial charge in [0.05, 0.1) is 17.2 Å². The molecular formula is C28H33N3O4S2. The lowest BCUT2D eigenvalue weighted by Gasteiger charge is -2.36. The van der Waals surface area contributed by atoms with Crippen molar-refractivity contribution in [2.45, 2.75) is 23.3 Å². The van der Waals surface area contributed by atoms with Crippen LogP contribution in [0, 0.1) is 0 Å². The largest absolute Gasteiger partial charge is 0.494 e. The lowest BCUT2D eigenvalue weighted by molar-refractivity contribution is -0.131. The minimum absolute atomic E-state index is 0.152. The average molecular weight is 540 g/mol. The van der Waals surface area contributed by atoms with Gasteiger partial charge in [-0.25, -0.2) is 8.42 Å². The molecule has 0 aliphatic carbocycles. The molecule has 1 saturated heterocycles. The Morgan fingerprint density at radius 1 is 0.919 bits per heavy atom. The zero-order valence-electron chi connectivity index (χ0n) is 21.2. The number of hydrogen-bond donors (Lipinski definition) is 0. The van der Waals surface area contributed by atoms with Crippen LogP contribution < -0.4 is 9.04 Å². The van der Waals surface area contributed by atoms with E-state index < -0.39 is 10.0 Å². The second-order valence-electron chi connectivity index (χ2n) is 8.76. The second kappa shape index (κ2) is 12.5. The van der Waals surface area contributed by atoms with Crippen molar-refractivity contribution in [1.29, 1.82) is 0 Å². The van der Waals surface area contributed by atoms with E-state index in [4.69, 9.17) is 4.74 Å². The Bertz CT molecular complexity index is 1260. The first-order chi connectivity index (χ1) is 17.9. The molecule has 3 aromatic carbocycles. The Labute approximate surface area is 224 Å². The van der Waals surface area contributed by atoms with Gasteiger partial charge in [-0.1, -0.05) is 30.3 Å². The SMILES string of the molecule is CCOc1ccc(N(CC(=O)N2CCN(Cc3ccccc3)CC2)S(=O)(=O)c2ccc(SC)cc2)cc1. The minimum Gasteiger partial charge on any atom is -0.494 e. The topological polar surface area (TPSA) is 70.2 Å². The van der Waals surface area contributed by atoms with Gasteiger partial charge in [0.1, 0.15) is 12.3 Å². The van der Waals surface area contributed by atoms with Crippen molar-refractivity contribution in [1.82, 2.24) is 9.80 Å². The molecule has 0 radical (unpaired) electrons. The van der Waals surface area contributed by atoms with E-state index in [0.29, 0.717) is 31.1 Å². The van der Waals surface area contributed by atoms with E-state index in [9.17, 15) is 13.2 Å². The molecule has 1 aliphatic heterocycles. The smallest absolute Gasteiger partial charge is 0.264 e. The molecule has 37 heavy (non-hydrogen) atoms. The van der Waals surface area contributed by atoms with Crippen LogP contribution >= 0.6 is 11.8 Å². The number of anilines is 1. The maximum absolute atomic E-state index is 13.7. The van der Waals surface area contributed by atoms with Crippen LogP contribution in [0.3, 0.4) is 0 Å². The Morgan fingerprint density at radius 3 is 2.16 bits per heavy atom. The van der Waals surface area contributed by atoms with Crippen molar-refractivity contribution in [2.75, 3.05) is 49.9 Å². The van der Waals surface area contributed by atoms with E-state index in [1.165, 1.54) is 9.87 Å². The second-order valence-corrected chi connectivity index (χ2v) is 11.5.